The minimum Gasteiger partial charge on any atom is -0.0917 e. The molecule has 1 aromatic carbocycles. The Bertz CT molecular complexity index is 590. The number of rotatable bonds is 0. The van der Waals surface area contributed by atoms with Crippen molar-refractivity contribution < 1.29 is 0 Å². The third kappa shape index (κ3) is 2.51. The molecule has 2 rings (SSSR count). The molecule has 1 aliphatic rings. The molecule has 0 spiro atoms. The third-order valence-corrected chi connectivity index (χ3v) is 5.79. The number of benzene rings is 1. The van der Waals surface area contributed by atoms with E-state index >= 15 is 0 Å². The predicted molar refractivity (Wildman–Crippen MR) is 105 cm³/mol. The second kappa shape index (κ2) is 4.70. The van der Waals surface area contributed by atoms with E-state index in [9.17, 15) is 0 Å². The van der Waals surface area contributed by atoms with Gasteiger partial charge < -0.3 is 0 Å². The molecule has 112 valence electrons. The summed E-state index contributed by atoms with van der Waals surface area (Å²) in [6.07, 6.45) is 2.58. The summed E-state index contributed by atoms with van der Waals surface area (Å²) in [6, 6.07) is 0. The van der Waals surface area contributed by atoms with Crippen molar-refractivity contribution in [2.45, 2.75) is 77.6 Å². The molecule has 0 fully saturated rings. The molecule has 3 heteroatoms. The largest absolute Gasteiger partial charge is 0.140 e. The lowest BCUT2D eigenvalue weighted by Gasteiger charge is -2.46. The summed E-state index contributed by atoms with van der Waals surface area (Å²) in [4.78, 5) is 0. The first-order valence-corrected chi connectivity index (χ1v) is 8.46. The van der Waals surface area contributed by atoms with Crippen LogP contribution in [0.25, 0.3) is 0 Å². The number of hydrogen-bond donors (Lipinski definition) is 0. The van der Waals surface area contributed by atoms with Gasteiger partial charge >= 0.3 is 0 Å². The molecule has 1 aromatic rings. The van der Waals surface area contributed by atoms with Crippen molar-refractivity contribution in [2.75, 3.05) is 0 Å². The fourth-order valence-corrected chi connectivity index (χ4v) is 4.85. The average Bonchev–Trinajstić information content (AvgIpc) is 2.28. The molecule has 0 aliphatic heterocycles. The van der Waals surface area contributed by atoms with Crippen LogP contribution in [-0.4, -0.2) is 23.5 Å². The summed E-state index contributed by atoms with van der Waals surface area (Å²) in [5.41, 5.74) is 10.3. The van der Waals surface area contributed by atoms with Gasteiger partial charge in [-0.15, -0.1) is 0 Å². The summed E-state index contributed by atoms with van der Waals surface area (Å²) in [6.45, 7) is 16.8. The topological polar surface area (TPSA) is 0 Å². The Hall–Kier alpha value is -0.585. The van der Waals surface area contributed by atoms with Crippen LogP contribution in [-0.2, 0) is 16.2 Å². The lowest BCUT2D eigenvalue weighted by Crippen LogP contribution is -2.52. The van der Waals surface area contributed by atoms with E-state index in [2.05, 4.69) is 72.0 Å². The highest BCUT2D eigenvalue weighted by atomic mass is 14.4. The van der Waals surface area contributed by atoms with E-state index in [0.29, 0.717) is 10.8 Å². The van der Waals surface area contributed by atoms with Gasteiger partial charge in [0.05, 0.1) is 0 Å². The minimum absolute atomic E-state index is 0.214. The van der Waals surface area contributed by atoms with Crippen LogP contribution < -0.4 is 16.4 Å². The molecule has 0 atom stereocenters. The molecule has 0 N–H and O–H groups in total. The first kappa shape index (κ1) is 16.8. The Morgan fingerprint density at radius 1 is 0.714 bits per heavy atom. The molecule has 0 amide bonds. The van der Waals surface area contributed by atoms with Crippen molar-refractivity contribution in [2.24, 2.45) is 0 Å². The van der Waals surface area contributed by atoms with Gasteiger partial charge in [0.25, 0.3) is 0 Å². The highest BCUT2D eigenvalue weighted by molar-refractivity contribution is 6.52. The van der Waals surface area contributed by atoms with Crippen molar-refractivity contribution in [1.29, 1.82) is 0 Å². The fourth-order valence-electron chi connectivity index (χ4n) is 4.85. The van der Waals surface area contributed by atoms with Crippen LogP contribution in [0.4, 0.5) is 0 Å². The molecule has 0 unspecified atom stereocenters. The maximum Gasteiger partial charge on any atom is 0.140 e. The minimum atomic E-state index is 0.214. The van der Waals surface area contributed by atoms with Gasteiger partial charge in [0.2, 0.25) is 0 Å². The van der Waals surface area contributed by atoms with Crippen molar-refractivity contribution >= 4 is 39.9 Å². The van der Waals surface area contributed by atoms with E-state index in [4.69, 9.17) is 0 Å². The van der Waals surface area contributed by atoms with Gasteiger partial charge in [-0.2, -0.15) is 0 Å². The lowest BCUT2D eigenvalue weighted by molar-refractivity contribution is 0.335. The normalized spacial score (nSPS) is 20.1. The van der Waals surface area contributed by atoms with Crippen molar-refractivity contribution in [3.05, 3.63) is 16.7 Å². The van der Waals surface area contributed by atoms with E-state index in [1.807, 2.05) is 0 Å². The fraction of sp³-hybridized carbons (Fsp3) is 0.667. The second-order valence-electron chi connectivity index (χ2n) is 9.52. The first-order valence-electron chi connectivity index (χ1n) is 8.46. The molecule has 21 heavy (non-hydrogen) atoms. The monoisotopic (exact) mass is 280 g/mol. The Labute approximate surface area is 134 Å². The van der Waals surface area contributed by atoms with Crippen molar-refractivity contribution in [1.82, 2.24) is 0 Å². The maximum atomic E-state index is 2.44. The summed E-state index contributed by atoms with van der Waals surface area (Å²) < 4.78 is 0. The zero-order valence-corrected chi connectivity index (χ0v) is 15.9. The zero-order valence-electron chi connectivity index (χ0n) is 15.9. The molecular formula is C18H31B3. The van der Waals surface area contributed by atoms with Gasteiger partial charge in [-0.05, 0) is 40.2 Å². The first-order chi connectivity index (χ1) is 9.31. The van der Waals surface area contributed by atoms with Crippen molar-refractivity contribution in [3.63, 3.8) is 0 Å². The molecule has 0 aromatic heterocycles. The molecule has 0 bridgehead atoms. The van der Waals surface area contributed by atoms with E-state index < -0.39 is 0 Å². The van der Waals surface area contributed by atoms with Gasteiger partial charge in [0.15, 0.2) is 0 Å². The highest BCUT2D eigenvalue weighted by Gasteiger charge is 2.40. The van der Waals surface area contributed by atoms with E-state index in [1.165, 1.54) is 18.3 Å². The lowest BCUT2D eigenvalue weighted by atomic mass is 9.52. The SMILES string of the molecule is Bc1c(B)c2c(c(B)c1C(C)(C)C)C(C)(C)CCC2(C)C. The van der Waals surface area contributed by atoms with Crippen LogP contribution in [0.5, 0.6) is 0 Å². The summed E-state index contributed by atoms with van der Waals surface area (Å²) in [5, 5.41) is 0. The van der Waals surface area contributed by atoms with Gasteiger partial charge in [-0.25, -0.2) is 0 Å². The highest BCUT2D eigenvalue weighted by Crippen LogP contribution is 2.44. The Morgan fingerprint density at radius 3 is 1.48 bits per heavy atom. The average molecular weight is 280 g/mol. The Morgan fingerprint density at radius 2 is 1.10 bits per heavy atom. The van der Waals surface area contributed by atoms with Crippen LogP contribution in [0, 0.1) is 0 Å². The molecule has 0 heterocycles. The van der Waals surface area contributed by atoms with Gasteiger partial charge in [0, 0.05) is 0 Å². The number of hydrogen-bond acceptors (Lipinski definition) is 0. The molecule has 1 aliphatic carbocycles. The van der Waals surface area contributed by atoms with Crippen LogP contribution in [0.3, 0.4) is 0 Å². The number of fused-ring (bicyclic) bond motifs is 1. The summed E-state index contributed by atoms with van der Waals surface area (Å²) in [5.74, 6) is 0. The van der Waals surface area contributed by atoms with Gasteiger partial charge in [-0.3, -0.25) is 0 Å². The van der Waals surface area contributed by atoms with Crippen LogP contribution >= 0.6 is 0 Å². The molecule has 0 nitrogen and oxygen atoms in total. The standard InChI is InChI=1S/C18H31B3/c1-16(2,3)12-13(19)10-11(14(20)15(12)21)18(6,7)9-8-17(10,4)5/h8-9,19-21H2,1-7H3. The predicted octanol–water partition coefficient (Wildman–Crippen LogP) is 0.108. The summed E-state index contributed by atoms with van der Waals surface area (Å²) >= 11 is 0. The van der Waals surface area contributed by atoms with Crippen LogP contribution in [0.15, 0.2) is 0 Å². The third-order valence-electron chi connectivity index (χ3n) is 5.79. The quantitative estimate of drug-likeness (QED) is 0.592. The van der Waals surface area contributed by atoms with E-state index in [1.54, 1.807) is 27.6 Å². The maximum absolute atomic E-state index is 2.44. The van der Waals surface area contributed by atoms with E-state index in [0.717, 1.165) is 0 Å². The van der Waals surface area contributed by atoms with Crippen LogP contribution in [0.2, 0.25) is 0 Å². The molecule has 0 saturated heterocycles. The van der Waals surface area contributed by atoms with Gasteiger partial charge in [-0.1, -0.05) is 70.4 Å². The van der Waals surface area contributed by atoms with Crippen molar-refractivity contribution in [3.8, 4) is 0 Å². The molecule has 0 radical (unpaired) electrons. The molecule has 0 saturated carbocycles. The van der Waals surface area contributed by atoms with Crippen LogP contribution in [0.1, 0.15) is 78.0 Å². The smallest absolute Gasteiger partial charge is 0.0917 e. The molecular weight excluding hydrogens is 249 g/mol. The Balaban J connectivity index is 2.97. The van der Waals surface area contributed by atoms with Gasteiger partial charge in [0.1, 0.15) is 23.5 Å². The van der Waals surface area contributed by atoms with E-state index in [-0.39, 0.29) is 5.41 Å². The Kier molecular flexibility index (Phi) is 3.76. The summed E-state index contributed by atoms with van der Waals surface area (Å²) in [7, 11) is 7.06. The zero-order chi connectivity index (χ0) is 16.4. The second-order valence-corrected chi connectivity index (χ2v) is 9.52.